The number of thiazole rings is 1. The van der Waals surface area contributed by atoms with Crippen molar-refractivity contribution in [3.63, 3.8) is 0 Å². The van der Waals surface area contributed by atoms with Crippen molar-refractivity contribution in [1.29, 1.82) is 0 Å². The predicted octanol–water partition coefficient (Wildman–Crippen LogP) is 4.53. The molecule has 0 aliphatic heterocycles. The first kappa shape index (κ1) is 19.8. The largest absolute Gasteiger partial charge is 0.495 e. The number of rotatable bonds is 7. The van der Waals surface area contributed by atoms with Crippen LogP contribution in [0.2, 0.25) is 0 Å². The fraction of sp³-hybridized carbons (Fsp3) is 0.286. The quantitative estimate of drug-likeness (QED) is 0.614. The summed E-state index contributed by atoms with van der Waals surface area (Å²) in [6.45, 7) is 3.77. The molecule has 1 aromatic heterocycles. The molecular weight excluding hydrogens is 374 g/mol. The van der Waals surface area contributed by atoms with Crippen molar-refractivity contribution in [3.8, 4) is 5.75 Å². The molecule has 2 amide bonds. The monoisotopic (exact) mass is 397 g/mol. The Hall–Kier alpha value is -2.93. The van der Waals surface area contributed by atoms with Crippen LogP contribution in [-0.2, 0) is 16.0 Å². The normalized spacial score (nSPS) is 10.7. The van der Waals surface area contributed by atoms with E-state index in [1.165, 1.54) is 11.3 Å². The molecule has 2 N–H and O–H groups in total. The van der Waals surface area contributed by atoms with Crippen LogP contribution >= 0.6 is 11.3 Å². The van der Waals surface area contributed by atoms with E-state index in [2.05, 4.69) is 15.6 Å². The van der Waals surface area contributed by atoms with E-state index in [-0.39, 0.29) is 11.8 Å². The molecule has 2 aromatic carbocycles. The number of benzene rings is 2. The first-order chi connectivity index (χ1) is 13.5. The molecule has 0 aliphatic carbocycles. The highest BCUT2D eigenvalue weighted by Crippen LogP contribution is 2.28. The summed E-state index contributed by atoms with van der Waals surface area (Å²) < 4.78 is 6.29. The van der Waals surface area contributed by atoms with Gasteiger partial charge in [-0.15, -0.1) is 0 Å². The maximum Gasteiger partial charge on any atom is 0.225 e. The number of anilines is 2. The van der Waals surface area contributed by atoms with E-state index in [0.717, 1.165) is 21.3 Å². The van der Waals surface area contributed by atoms with E-state index in [9.17, 15) is 9.59 Å². The minimum atomic E-state index is -0.0656. The van der Waals surface area contributed by atoms with Gasteiger partial charge in [-0.05, 0) is 48.7 Å². The molecule has 1 heterocycles. The predicted molar refractivity (Wildman–Crippen MR) is 113 cm³/mol. The molecule has 0 radical (unpaired) electrons. The van der Waals surface area contributed by atoms with Gasteiger partial charge in [-0.1, -0.05) is 30.4 Å². The van der Waals surface area contributed by atoms with Crippen LogP contribution in [0.3, 0.4) is 0 Å². The first-order valence-corrected chi connectivity index (χ1v) is 9.94. The standard InChI is InChI=1S/C21H23N3O3S/c1-4-19(25)24-21-23-15-8-6-14(12-18(15)28-21)7-10-20(26)22-16-11-13(2)5-9-17(16)27-3/h5-6,8-9,11-12H,4,7,10H2,1-3H3,(H,22,26)(H,23,24,25). The highest BCUT2D eigenvalue weighted by Gasteiger charge is 2.10. The van der Waals surface area contributed by atoms with E-state index in [1.54, 1.807) is 14.0 Å². The third-order valence-corrected chi connectivity index (χ3v) is 5.22. The molecule has 6 nitrogen and oxygen atoms in total. The Bertz CT molecular complexity index is 1010. The second-order valence-corrected chi connectivity index (χ2v) is 7.51. The van der Waals surface area contributed by atoms with Crippen LogP contribution < -0.4 is 15.4 Å². The van der Waals surface area contributed by atoms with Crippen LogP contribution in [0.1, 0.15) is 30.9 Å². The maximum absolute atomic E-state index is 12.4. The molecule has 146 valence electrons. The van der Waals surface area contributed by atoms with Crippen LogP contribution in [0.5, 0.6) is 5.75 Å². The Morgan fingerprint density at radius 1 is 1.11 bits per heavy atom. The highest BCUT2D eigenvalue weighted by molar-refractivity contribution is 7.22. The Labute approximate surface area is 167 Å². The molecule has 0 saturated carbocycles. The Morgan fingerprint density at radius 2 is 1.93 bits per heavy atom. The number of hydrogen-bond donors (Lipinski definition) is 2. The molecule has 0 atom stereocenters. The number of hydrogen-bond acceptors (Lipinski definition) is 5. The summed E-state index contributed by atoms with van der Waals surface area (Å²) in [7, 11) is 1.59. The molecule has 0 fully saturated rings. The van der Waals surface area contributed by atoms with E-state index in [0.29, 0.717) is 35.8 Å². The van der Waals surface area contributed by atoms with Gasteiger partial charge in [0.15, 0.2) is 5.13 Å². The molecule has 3 rings (SSSR count). The molecular formula is C21H23N3O3S. The highest BCUT2D eigenvalue weighted by atomic mass is 32.1. The third kappa shape index (κ3) is 4.86. The summed E-state index contributed by atoms with van der Waals surface area (Å²) in [6, 6.07) is 11.6. The molecule has 0 aliphatic rings. The van der Waals surface area contributed by atoms with Crippen molar-refractivity contribution in [2.24, 2.45) is 0 Å². The topological polar surface area (TPSA) is 80.3 Å². The Kier molecular flexibility index (Phi) is 6.26. The minimum Gasteiger partial charge on any atom is -0.495 e. The zero-order valence-corrected chi connectivity index (χ0v) is 17.0. The van der Waals surface area contributed by atoms with Gasteiger partial charge in [0.2, 0.25) is 11.8 Å². The number of nitrogens with zero attached hydrogens (tertiary/aromatic N) is 1. The smallest absolute Gasteiger partial charge is 0.225 e. The Balaban J connectivity index is 1.64. The zero-order chi connectivity index (χ0) is 20.1. The number of nitrogens with one attached hydrogen (secondary N) is 2. The number of carbonyl (C=O) groups excluding carboxylic acids is 2. The second-order valence-electron chi connectivity index (χ2n) is 6.47. The summed E-state index contributed by atoms with van der Waals surface area (Å²) in [5.41, 5.74) is 3.63. The summed E-state index contributed by atoms with van der Waals surface area (Å²) >= 11 is 1.44. The number of aryl methyl sites for hydroxylation is 2. The number of fused-ring (bicyclic) bond motifs is 1. The Morgan fingerprint density at radius 3 is 2.68 bits per heavy atom. The van der Waals surface area contributed by atoms with Crippen molar-refractivity contribution >= 4 is 44.2 Å². The van der Waals surface area contributed by atoms with Crippen LogP contribution in [0, 0.1) is 6.92 Å². The van der Waals surface area contributed by atoms with Crippen molar-refractivity contribution in [3.05, 3.63) is 47.5 Å². The fourth-order valence-electron chi connectivity index (χ4n) is 2.78. The average molecular weight is 398 g/mol. The lowest BCUT2D eigenvalue weighted by molar-refractivity contribution is -0.116. The lowest BCUT2D eigenvalue weighted by atomic mass is 10.1. The molecule has 0 unspecified atom stereocenters. The molecule has 0 bridgehead atoms. The van der Waals surface area contributed by atoms with Gasteiger partial charge >= 0.3 is 0 Å². The van der Waals surface area contributed by atoms with E-state index in [4.69, 9.17) is 4.74 Å². The number of aromatic nitrogens is 1. The van der Waals surface area contributed by atoms with Gasteiger partial charge in [0.25, 0.3) is 0 Å². The van der Waals surface area contributed by atoms with Crippen LogP contribution in [0.4, 0.5) is 10.8 Å². The van der Waals surface area contributed by atoms with Gasteiger partial charge < -0.3 is 15.4 Å². The van der Waals surface area contributed by atoms with Gasteiger partial charge in [0.1, 0.15) is 5.75 Å². The van der Waals surface area contributed by atoms with Crippen LogP contribution in [0.15, 0.2) is 36.4 Å². The van der Waals surface area contributed by atoms with Crippen molar-refractivity contribution in [1.82, 2.24) is 4.98 Å². The molecule has 0 spiro atoms. The number of amides is 2. The van der Waals surface area contributed by atoms with Gasteiger partial charge in [-0.25, -0.2) is 4.98 Å². The van der Waals surface area contributed by atoms with Gasteiger partial charge in [-0.2, -0.15) is 0 Å². The fourth-order valence-corrected chi connectivity index (χ4v) is 3.72. The summed E-state index contributed by atoms with van der Waals surface area (Å²) in [6.07, 6.45) is 1.40. The average Bonchev–Trinajstić information content (AvgIpc) is 3.07. The number of ether oxygens (including phenoxy) is 1. The zero-order valence-electron chi connectivity index (χ0n) is 16.2. The first-order valence-electron chi connectivity index (χ1n) is 9.12. The molecule has 3 aromatic rings. The lowest BCUT2D eigenvalue weighted by Gasteiger charge is -2.11. The third-order valence-electron chi connectivity index (χ3n) is 4.29. The van der Waals surface area contributed by atoms with E-state index in [1.807, 2.05) is 43.3 Å². The molecule has 28 heavy (non-hydrogen) atoms. The van der Waals surface area contributed by atoms with Gasteiger partial charge in [0, 0.05) is 12.8 Å². The summed E-state index contributed by atoms with van der Waals surface area (Å²) in [5.74, 6) is 0.526. The van der Waals surface area contributed by atoms with Crippen LogP contribution in [0.25, 0.3) is 10.2 Å². The SMILES string of the molecule is CCC(=O)Nc1nc2ccc(CCC(=O)Nc3cc(C)ccc3OC)cc2s1. The number of carbonyl (C=O) groups is 2. The van der Waals surface area contributed by atoms with Crippen molar-refractivity contribution in [2.75, 3.05) is 17.7 Å². The summed E-state index contributed by atoms with van der Waals surface area (Å²) in [4.78, 5) is 28.3. The minimum absolute atomic E-state index is 0.0532. The second kappa shape index (κ2) is 8.84. The maximum atomic E-state index is 12.4. The summed E-state index contributed by atoms with van der Waals surface area (Å²) in [5, 5.41) is 6.31. The van der Waals surface area contributed by atoms with Gasteiger partial charge in [0.05, 0.1) is 23.0 Å². The van der Waals surface area contributed by atoms with Crippen molar-refractivity contribution < 1.29 is 14.3 Å². The molecule has 7 heteroatoms. The van der Waals surface area contributed by atoms with Crippen molar-refractivity contribution in [2.45, 2.75) is 33.1 Å². The lowest BCUT2D eigenvalue weighted by Crippen LogP contribution is -2.13. The number of methoxy groups -OCH3 is 1. The van der Waals surface area contributed by atoms with E-state index < -0.39 is 0 Å². The molecule has 0 saturated heterocycles. The van der Waals surface area contributed by atoms with Crippen LogP contribution in [-0.4, -0.2) is 23.9 Å². The van der Waals surface area contributed by atoms with Gasteiger partial charge in [-0.3, -0.25) is 9.59 Å². The van der Waals surface area contributed by atoms with E-state index >= 15 is 0 Å².